The molecule has 0 bridgehead atoms. The Labute approximate surface area is 128 Å². The lowest BCUT2D eigenvalue weighted by atomic mass is 10.1. The molecule has 2 aromatic heterocycles. The summed E-state index contributed by atoms with van der Waals surface area (Å²) in [6.07, 6.45) is 4.31. The third-order valence-electron chi connectivity index (χ3n) is 4.55. The van der Waals surface area contributed by atoms with E-state index in [1.807, 2.05) is 6.07 Å². The first-order valence-electron chi connectivity index (χ1n) is 7.68. The molecule has 2 aliphatic rings. The van der Waals surface area contributed by atoms with Crippen molar-refractivity contribution in [1.29, 1.82) is 5.26 Å². The van der Waals surface area contributed by atoms with Crippen molar-refractivity contribution in [3.05, 3.63) is 34.2 Å². The Morgan fingerprint density at radius 3 is 2.73 bits per heavy atom. The normalized spacial score (nSPS) is 19.3. The van der Waals surface area contributed by atoms with Crippen LogP contribution in [0.15, 0.2) is 23.1 Å². The van der Waals surface area contributed by atoms with Gasteiger partial charge < -0.3 is 9.88 Å². The van der Waals surface area contributed by atoms with Crippen LogP contribution in [0.2, 0.25) is 0 Å². The molecule has 1 aliphatic carbocycles. The summed E-state index contributed by atoms with van der Waals surface area (Å²) in [7, 11) is 0. The summed E-state index contributed by atoms with van der Waals surface area (Å²) in [5, 5.41) is 9.40. The van der Waals surface area contributed by atoms with Gasteiger partial charge in [-0.15, -0.1) is 0 Å². The van der Waals surface area contributed by atoms with Crippen molar-refractivity contribution in [2.75, 3.05) is 31.1 Å². The van der Waals surface area contributed by atoms with Crippen molar-refractivity contribution < 1.29 is 0 Å². The van der Waals surface area contributed by atoms with E-state index in [1.54, 1.807) is 12.3 Å². The first kappa shape index (κ1) is 13.3. The quantitative estimate of drug-likeness (QED) is 0.897. The summed E-state index contributed by atoms with van der Waals surface area (Å²) in [4.78, 5) is 24.0. The Morgan fingerprint density at radius 2 is 2.05 bits per heavy atom. The third kappa shape index (κ3) is 2.14. The lowest BCUT2D eigenvalue weighted by Crippen LogP contribution is -2.47. The van der Waals surface area contributed by atoms with E-state index < -0.39 is 0 Å². The molecule has 0 atom stereocenters. The fourth-order valence-corrected chi connectivity index (χ4v) is 3.27. The molecule has 1 aliphatic heterocycles. The van der Waals surface area contributed by atoms with E-state index in [0.717, 1.165) is 32.2 Å². The third-order valence-corrected chi connectivity index (χ3v) is 4.55. The number of pyridine rings is 2. The van der Waals surface area contributed by atoms with E-state index >= 15 is 0 Å². The first-order valence-corrected chi connectivity index (χ1v) is 7.68. The van der Waals surface area contributed by atoms with E-state index in [0.29, 0.717) is 16.7 Å². The van der Waals surface area contributed by atoms with Crippen molar-refractivity contribution in [1.82, 2.24) is 14.9 Å². The summed E-state index contributed by atoms with van der Waals surface area (Å²) in [5.74, 6) is 0. The molecular weight excluding hydrogens is 278 g/mol. The van der Waals surface area contributed by atoms with Crippen molar-refractivity contribution >= 4 is 16.7 Å². The number of anilines is 1. The minimum Gasteiger partial charge on any atom is -0.366 e. The average molecular weight is 295 g/mol. The van der Waals surface area contributed by atoms with Crippen molar-refractivity contribution in [2.45, 2.75) is 18.9 Å². The number of aromatic nitrogens is 2. The lowest BCUT2D eigenvalue weighted by molar-refractivity contribution is 0.248. The number of nitriles is 1. The van der Waals surface area contributed by atoms with Crippen LogP contribution in [0, 0.1) is 11.3 Å². The number of hydrogen-bond acceptors (Lipinski definition) is 5. The fraction of sp³-hybridized carbons (Fsp3) is 0.438. The van der Waals surface area contributed by atoms with Gasteiger partial charge in [0.25, 0.3) is 5.56 Å². The molecule has 1 saturated carbocycles. The van der Waals surface area contributed by atoms with Gasteiger partial charge in [0.1, 0.15) is 17.1 Å². The molecular formula is C16H17N5O. The van der Waals surface area contributed by atoms with E-state index in [-0.39, 0.29) is 11.1 Å². The van der Waals surface area contributed by atoms with Crippen molar-refractivity contribution in [2.24, 2.45) is 0 Å². The Kier molecular flexibility index (Phi) is 3.09. The molecule has 112 valence electrons. The number of piperazine rings is 1. The van der Waals surface area contributed by atoms with Gasteiger partial charge in [0.05, 0.1) is 11.2 Å². The van der Waals surface area contributed by atoms with Crippen LogP contribution in [0.25, 0.3) is 11.0 Å². The average Bonchev–Trinajstić information content (AvgIpc) is 3.38. The number of hydrogen-bond donors (Lipinski definition) is 1. The largest absolute Gasteiger partial charge is 0.366 e. The molecule has 0 aromatic carbocycles. The number of rotatable bonds is 2. The molecule has 6 nitrogen and oxygen atoms in total. The molecule has 0 radical (unpaired) electrons. The van der Waals surface area contributed by atoms with Crippen LogP contribution < -0.4 is 10.5 Å². The molecule has 2 fully saturated rings. The van der Waals surface area contributed by atoms with Crippen molar-refractivity contribution in [3.8, 4) is 6.07 Å². The van der Waals surface area contributed by atoms with E-state index in [4.69, 9.17) is 0 Å². The van der Waals surface area contributed by atoms with E-state index in [9.17, 15) is 10.1 Å². The van der Waals surface area contributed by atoms with Gasteiger partial charge in [0.15, 0.2) is 0 Å². The minimum atomic E-state index is -0.331. The summed E-state index contributed by atoms with van der Waals surface area (Å²) < 4.78 is 0. The summed E-state index contributed by atoms with van der Waals surface area (Å²) in [6, 6.07) is 6.44. The number of nitrogens with zero attached hydrogens (tertiary/aromatic N) is 4. The SMILES string of the molecule is N#Cc1c(N2CCN(C3CC3)CC2)c2ncccc2[nH]c1=O. The van der Waals surface area contributed by atoms with Crippen LogP contribution in [0.5, 0.6) is 0 Å². The fourth-order valence-electron chi connectivity index (χ4n) is 3.27. The van der Waals surface area contributed by atoms with Gasteiger partial charge in [0, 0.05) is 38.4 Å². The predicted molar refractivity (Wildman–Crippen MR) is 83.9 cm³/mol. The first-order chi connectivity index (χ1) is 10.8. The molecule has 3 heterocycles. The van der Waals surface area contributed by atoms with Gasteiger partial charge in [-0.25, -0.2) is 0 Å². The zero-order valence-electron chi connectivity index (χ0n) is 12.2. The minimum absolute atomic E-state index is 0.172. The highest BCUT2D eigenvalue weighted by atomic mass is 16.1. The maximum Gasteiger partial charge on any atom is 0.268 e. The van der Waals surface area contributed by atoms with Gasteiger partial charge >= 0.3 is 0 Å². The van der Waals surface area contributed by atoms with Crippen molar-refractivity contribution in [3.63, 3.8) is 0 Å². The van der Waals surface area contributed by atoms with Gasteiger partial charge in [0.2, 0.25) is 0 Å². The predicted octanol–water partition coefficient (Wildman–Crippen LogP) is 1.08. The molecule has 1 N–H and O–H groups in total. The Bertz CT molecular complexity index is 809. The van der Waals surface area contributed by atoms with Crippen LogP contribution in [0.1, 0.15) is 18.4 Å². The second-order valence-electron chi connectivity index (χ2n) is 5.94. The summed E-state index contributed by atoms with van der Waals surface area (Å²) >= 11 is 0. The zero-order valence-corrected chi connectivity index (χ0v) is 12.2. The van der Waals surface area contributed by atoms with E-state index in [1.165, 1.54) is 12.8 Å². The van der Waals surface area contributed by atoms with Gasteiger partial charge in [-0.2, -0.15) is 5.26 Å². The molecule has 1 saturated heterocycles. The zero-order chi connectivity index (χ0) is 15.1. The van der Waals surface area contributed by atoms with E-state index in [2.05, 4.69) is 25.8 Å². The number of nitrogens with one attached hydrogen (secondary N) is 1. The standard InChI is InChI=1S/C16H17N5O/c17-10-12-15(14-13(19-16(12)22)2-1-5-18-14)21-8-6-20(7-9-21)11-3-4-11/h1-2,5,11H,3-4,6-9H2,(H,19,22). The highest BCUT2D eigenvalue weighted by molar-refractivity contribution is 5.91. The van der Waals surface area contributed by atoms with Crippen LogP contribution in [0.3, 0.4) is 0 Å². The summed E-state index contributed by atoms with van der Waals surface area (Å²) in [6.45, 7) is 3.63. The molecule has 2 aromatic rings. The number of aromatic amines is 1. The second-order valence-corrected chi connectivity index (χ2v) is 5.94. The smallest absolute Gasteiger partial charge is 0.268 e. The highest BCUT2D eigenvalue weighted by Crippen LogP contribution is 2.30. The maximum absolute atomic E-state index is 12.2. The van der Waals surface area contributed by atoms with Crippen LogP contribution in [0.4, 0.5) is 5.69 Å². The monoisotopic (exact) mass is 295 g/mol. The Balaban J connectivity index is 1.77. The van der Waals surface area contributed by atoms with Gasteiger partial charge in [-0.1, -0.05) is 0 Å². The molecule has 6 heteroatoms. The topological polar surface area (TPSA) is 76.0 Å². The van der Waals surface area contributed by atoms with Gasteiger partial charge in [-0.05, 0) is 25.0 Å². The number of H-pyrrole nitrogens is 1. The highest BCUT2D eigenvalue weighted by Gasteiger charge is 2.32. The maximum atomic E-state index is 12.2. The lowest BCUT2D eigenvalue weighted by Gasteiger charge is -2.36. The van der Waals surface area contributed by atoms with Crippen LogP contribution >= 0.6 is 0 Å². The molecule has 0 spiro atoms. The van der Waals surface area contributed by atoms with Crippen LogP contribution in [-0.2, 0) is 0 Å². The Hall–Kier alpha value is -2.39. The molecule has 4 rings (SSSR count). The molecule has 22 heavy (non-hydrogen) atoms. The summed E-state index contributed by atoms with van der Waals surface area (Å²) in [5.41, 5.74) is 1.93. The van der Waals surface area contributed by atoms with Crippen LogP contribution in [-0.4, -0.2) is 47.1 Å². The Morgan fingerprint density at radius 1 is 1.27 bits per heavy atom. The van der Waals surface area contributed by atoms with Gasteiger partial charge in [-0.3, -0.25) is 14.7 Å². The number of fused-ring (bicyclic) bond motifs is 1. The second kappa shape index (κ2) is 5.11. The molecule has 0 amide bonds. The molecule has 0 unspecified atom stereocenters.